The number of hydrogen-bond donors (Lipinski definition) is 2. The van der Waals surface area contributed by atoms with Gasteiger partial charge in [0.05, 0.1) is 23.8 Å². The van der Waals surface area contributed by atoms with Gasteiger partial charge in [0.2, 0.25) is 0 Å². The maximum Gasteiger partial charge on any atom is 0.417 e. The molecule has 8 heteroatoms. The largest absolute Gasteiger partial charge is 0.417 e. The van der Waals surface area contributed by atoms with Crippen LogP contribution in [0.5, 0.6) is 0 Å². The van der Waals surface area contributed by atoms with Crippen molar-refractivity contribution in [2.45, 2.75) is 18.8 Å². The molecule has 0 aliphatic rings. The zero-order chi connectivity index (χ0) is 21.4. The van der Waals surface area contributed by atoms with E-state index in [1.807, 2.05) is 36.4 Å². The van der Waals surface area contributed by atoms with Crippen LogP contribution in [0.1, 0.15) is 0 Å². The van der Waals surface area contributed by atoms with Crippen molar-refractivity contribution in [3.05, 3.63) is 84.9 Å². The summed E-state index contributed by atoms with van der Waals surface area (Å²) in [4.78, 5) is 12.0. The average Bonchev–Trinajstić information content (AvgIpc) is 3.15. The second-order valence-corrected chi connectivity index (χ2v) is 5.96. The molecule has 1 atom stereocenters. The molecule has 1 aromatic carbocycles. The summed E-state index contributed by atoms with van der Waals surface area (Å²) in [6.45, 7) is 3.09. The van der Waals surface area contributed by atoms with Crippen LogP contribution in [-0.2, 0) is 11.3 Å². The Morgan fingerprint density at radius 1 is 1.28 bits per heavy atom. The molecular weight excluding hydrogens is 383 g/mol. The number of nitrogens with zero attached hydrogens (tertiary/aromatic N) is 2. The fraction of sp³-hybridized carbons (Fsp3) is 0.143. The molecule has 0 aliphatic carbocycles. The zero-order valence-corrected chi connectivity index (χ0v) is 15.2. The fourth-order valence-corrected chi connectivity index (χ4v) is 2.49. The zero-order valence-electron chi connectivity index (χ0n) is 15.2. The number of aliphatic hydroxyl groups is 1. The van der Waals surface area contributed by atoms with E-state index in [1.165, 1.54) is 6.07 Å². The number of hydrogen-bond acceptors (Lipinski definition) is 3. The number of benzene rings is 1. The van der Waals surface area contributed by atoms with Gasteiger partial charge in [-0.25, -0.2) is 0 Å². The predicted molar refractivity (Wildman–Crippen MR) is 102 cm³/mol. The summed E-state index contributed by atoms with van der Waals surface area (Å²) < 4.78 is 40.6. The van der Waals surface area contributed by atoms with Crippen molar-refractivity contribution < 1.29 is 23.1 Å². The Bertz CT molecular complexity index is 967. The van der Waals surface area contributed by atoms with Crippen molar-refractivity contribution in [3.8, 4) is 17.2 Å². The van der Waals surface area contributed by atoms with Gasteiger partial charge in [-0.3, -0.25) is 4.79 Å². The van der Waals surface area contributed by atoms with Gasteiger partial charge >= 0.3 is 6.18 Å². The Kier molecular flexibility index (Phi) is 7.17. The first-order chi connectivity index (χ1) is 13.8. The van der Waals surface area contributed by atoms with Crippen LogP contribution in [0.25, 0.3) is 11.1 Å². The summed E-state index contributed by atoms with van der Waals surface area (Å²) >= 11 is 0. The number of carbonyl (C=O) groups excluding carboxylic acids is 1. The lowest BCUT2D eigenvalue weighted by Crippen LogP contribution is -2.34. The Hall–Kier alpha value is -3.57. The van der Waals surface area contributed by atoms with E-state index in [4.69, 9.17) is 5.26 Å². The number of carbonyl (C=O) groups is 1. The van der Waals surface area contributed by atoms with Gasteiger partial charge in [0.25, 0.3) is 5.91 Å². The Morgan fingerprint density at radius 2 is 1.97 bits per heavy atom. The van der Waals surface area contributed by atoms with Gasteiger partial charge in [-0.15, -0.1) is 0 Å². The number of alkyl halides is 3. The van der Waals surface area contributed by atoms with Crippen molar-refractivity contribution in [1.82, 2.24) is 9.88 Å². The van der Waals surface area contributed by atoms with E-state index in [2.05, 4.69) is 11.9 Å². The lowest BCUT2D eigenvalue weighted by atomic mass is 10.1. The number of aromatic nitrogens is 1. The van der Waals surface area contributed by atoms with E-state index >= 15 is 0 Å². The monoisotopic (exact) mass is 401 g/mol. The second-order valence-electron chi connectivity index (χ2n) is 5.96. The summed E-state index contributed by atoms with van der Waals surface area (Å²) in [7, 11) is 0. The van der Waals surface area contributed by atoms with E-state index in [-0.39, 0.29) is 6.54 Å². The number of allylic oxidation sites excluding steroid dienone is 4. The number of nitriles is 1. The Morgan fingerprint density at radius 3 is 2.55 bits per heavy atom. The molecule has 0 saturated heterocycles. The van der Waals surface area contributed by atoms with Crippen molar-refractivity contribution in [2.24, 2.45) is 0 Å². The van der Waals surface area contributed by atoms with Crippen LogP contribution in [0, 0.1) is 11.3 Å². The van der Waals surface area contributed by atoms with Crippen LogP contribution in [0.4, 0.5) is 13.2 Å². The van der Waals surface area contributed by atoms with Gasteiger partial charge in [0.1, 0.15) is 0 Å². The maximum absolute atomic E-state index is 13.0. The van der Waals surface area contributed by atoms with Gasteiger partial charge < -0.3 is 15.0 Å². The van der Waals surface area contributed by atoms with Crippen LogP contribution < -0.4 is 5.32 Å². The first-order valence-corrected chi connectivity index (χ1v) is 8.46. The quantitative estimate of drug-likeness (QED) is 0.548. The van der Waals surface area contributed by atoms with E-state index < -0.39 is 29.3 Å². The maximum atomic E-state index is 13.0. The third-order valence-corrected chi connectivity index (χ3v) is 3.94. The second kappa shape index (κ2) is 9.57. The highest BCUT2D eigenvalue weighted by Gasteiger charge is 2.34. The molecule has 2 aromatic rings. The summed E-state index contributed by atoms with van der Waals surface area (Å²) in [5.41, 5.74) is -0.0614. The number of rotatable bonds is 7. The van der Waals surface area contributed by atoms with Crippen molar-refractivity contribution in [2.75, 3.05) is 0 Å². The third-order valence-electron chi connectivity index (χ3n) is 3.94. The first-order valence-electron chi connectivity index (χ1n) is 8.46. The molecule has 0 saturated carbocycles. The summed E-state index contributed by atoms with van der Waals surface area (Å²) in [6, 6.07) is 12.7. The smallest absolute Gasteiger partial charge is 0.381 e. The topological polar surface area (TPSA) is 78.1 Å². The van der Waals surface area contributed by atoms with Crippen LogP contribution >= 0.6 is 0 Å². The summed E-state index contributed by atoms with van der Waals surface area (Å²) in [5, 5.41) is 20.9. The number of aliphatic hydroxyl groups excluding tert-OH is 1. The Labute approximate surface area is 165 Å². The molecule has 1 heterocycles. The minimum Gasteiger partial charge on any atom is -0.381 e. The molecule has 29 heavy (non-hydrogen) atoms. The molecule has 0 bridgehead atoms. The molecular formula is C21H18F3N3O2. The van der Waals surface area contributed by atoms with E-state index in [1.54, 1.807) is 17.0 Å². The molecule has 0 radical (unpaired) electrons. The molecule has 0 spiro atoms. The SMILES string of the molecule is C=C/C(C#N)=C(\C=C\NC(=O)[C@@H](O)Cn1ccc(-c2ccccc2)c1)C(F)(F)F. The summed E-state index contributed by atoms with van der Waals surface area (Å²) in [6.07, 6.45) is -0.784. The van der Waals surface area contributed by atoms with E-state index in [9.17, 15) is 23.1 Å². The fourth-order valence-electron chi connectivity index (χ4n) is 2.49. The van der Waals surface area contributed by atoms with Crippen LogP contribution in [-0.4, -0.2) is 27.9 Å². The van der Waals surface area contributed by atoms with Gasteiger partial charge in [0, 0.05) is 18.6 Å². The molecule has 1 aromatic heterocycles. The number of halogens is 3. The highest BCUT2D eigenvalue weighted by Crippen LogP contribution is 2.29. The normalized spacial score (nSPS) is 13.5. The van der Waals surface area contributed by atoms with Gasteiger partial charge in [-0.2, -0.15) is 18.4 Å². The molecule has 150 valence electrons. The standard InChI is InChI=1S/C21H18F3N3O2/c1-2-15(12-25)18(21(22,23)24)8-10-26-20(29)19(28)14-27-11-9-17(13-27)16-6-4-3-5-7-16/h2-11,13,19,28H,1,14H2,(H,26,29)/b10-8+,18-15-/t19-/m0/s1. The highest BCUT2D eigenvalue weighted by atomic mass is 19.4. The highest BCUT2D eigenvalue weighted by molar-refractivity contribution is 5.81. The lowest BCUT2D eigenvalue weighted by Gasteiger charge is -2.11. The minimum atomic E-state index is -4.79. The third kappa shape index (κ3) is 5.96. The molecule has 2 N–H and O–H groups in total. The molecule has 0 fully saturated rings. The Balaban J connectivity index is 2.02. The number of amides is 1. The van der Waals surface area contributed by atoms with E-state index in [0.717, 1.165) is 23.4 Å². The lowest BCUT2D eigenvalue weighted by molar-refractivity contribution is -0.129. The molecule has 5 nitrogen and oxygen atoms in total. The predicted octanol–water partition coefficient (Wildman–Crippen LogP) is 3.71. The van der Waals surface area contributed by atoms with Crippen LogP contribution in [0.15, 0.2) is 84.9 Å². The van der Waals surface area contributed by atoms with Crippen molar-refractivity contribution in [1.29, 1.82) is 5.26 Å². The molecule has 0 aliphatic heterocycles. The van der Waals surface area contributed by atoms with Crippen LogP contribution in [0.2, 0.25) is 0 Å². The van der Waals surface area contributed by atoms with Crippen molar-refractivity contribution in [3.63, 3.8) is 0 Å². The average molecular weight is 401 g/mol. The minimum absolute atomic E-state index is 0.0788. The molecule has 0 unspecified atom stereocenters. The first kappa shape index (κ1) is 21.7. The summed E-state index contributed by atoms with van der Waals surface area (Å²) in [5.74, 6) is -0.880. The van der Waals surface area contributed by atoms with Gasteiger partial charge in [-0.1, -0.05) is 43.0 Å². The molecule has 1 amide bonds. The van der Waals surface area contributed by atoms with Gasteiger partial charge in [0.15, 0.2) is 6.10 Å². The van der Waals surface area contributed by atoms with Crippen molar-refractivity contribution >= 4 is 5.91 Å². The van der Waals surface area contributed by atoms with Crippen LogP contribution in [0.3, 0.4) is 0 Å². The molecule has 2 rings (SSSR count). The van der Waals surface area contributed by atoms with Gasteiger partial charge in [-0.05, 0) is 23.3 Å². The number of nitrogens with one attached hydrogen (secondary N) is 1. The van der Waals surface area contributed by atoms with E-state index in [0.29, 0.717) is 6.08 Å².